The Kier molecular flexibility index (Phi) is 3.48. The molecule has 1 N–H and O–H groups in total. The maximum atomic E-state index is 5.48. The number of nitrogens with one attached hydrogen (secondary N) is 1. The van der Waals surface area contributed by atoms with Crippen LogP contribution in [-0.4, -0.2) is 36.8 Å². The maximum Gasteiger partial charge on any atom is 0.0668 e. The van der Waals surface area contributed by atoms with Crippen LogP contribution in [0.1, 0.15) is 25.5 Å². The van der Waals surface area contributed by atoms with E-state index in [0.29, 0.717) is 6.04 Å². The molecule has 1 aliphatic heterocycles. The van der Waals surface area contributed by atoms with Crippen molar-refractivity contribution in [3.63, 3.8) is 0 Å². The fourth-order valence-corrected chi connectivity index (χ4v) is 2.39. The summed E-state index contributed by atoms with van der Waals surface area (Å²) in [6, 6.07) is 5.49. The minimum atomic E-state index is 0.449. The summed E-state index contributed by atoms with van der Waals surface area (Å²) in [5.74, 6) is 0. The van der Waals surface area contributed by atoms with E-state index < -0.39 is 0 Å². The van der Waals surface area contributed by atoms with Gasteiger partial charge in [0.15, 0.2) is 0 Å². The molecular weight excluding hydrogens is 226 g/mol. The van der Waals surface area contributed by atoms with Gasteiger partial charge in [0.2, 0.25) is 0 Å². The van der Waals surface area contributed by atoms with E-state index in [2.05, 4.69) is 34.3 Å². The summed E-state index contributed by atoms with van der Waals surface area (Å²) >= 11 is 0. The zero-order valence-corrected chi connectivity index (χ0v) is 10.9. The Morgan fingerprint density at radius 3 is 3.17 bits per heavy atom. The summed E-state index contributed by atoms with van der Waals surface area (Å²) in [5, 5.41) is 3.51. The fourth-order valence-electron chi connectivity index (χ4n) is 2.39. The smallest absolute Gasteiger partial charge is 0.0668 e. The van der Waals surface area contributed by atoms with Crippen LogP contribution in [0.2, 0.25) is 0 Å². The second-order valence-corrected chi connectivity index (χ2v) is 5.28. The number of anilines is 1. The van der Waals surface area contributed by atoms with E-state index in [0.717, 1.165) is 38.0 Å². The van der Waals surface area contributed by atoms with Gasteiger partial charge in [-0.05, 0) is 31.9 Å². The molecule has 0 aromatic carbocycles. The average Bonchev–Trinajstić information content (AvgIpc) is 3.21. The average molecular weight is 247 g/mol. The maximum absolute atomic E-state index is 5.48. The van der Waals surface area contributed by atoms with Gasteiger partial charge in [0.25, 0.3) is 0 Å². The van der Waals surface area contributed by atoms with E-state index in [9.17, 15) is 0 Å². The first-order valence-corrected chi connectivity index (χ1v) is 6.85. The Bertz CT molecular complexity index is 406. The van der Waals surface area contributed by atoms with Gasteiger partial charge in [-0.2, -0.15) is 0 Å². The van der Waals surface area contributed by atoms with Gasteiger partial charge in [0.1, 0.15) is 0 Å². The second kappa shape index (κ2) is 5.24. The molecule has 0 radical (unpaired) electrons. The first-order valence-electron chi connectivity index (χ1n) is 6.85. The van der Waals surface area contributed by atoms with Gasteiger partial charge < -0.3 is 15.0 Å². The molecule has 2 fully saturated rings. The Balaban J connectivity index is 1.68. The zero-order chi connectivity index (χ0) is 12.4. The molecule has 0 bridgehead atoms. The molecule has 1 atom stereocenters. The van der Waals surface area contributed by atoms with Gasteiger partial charge >= 0.3 is 0 Å². The third-order valence-electron chi connectivity index (χ3n) is 3.65. The lowest BCUT2D eigenvalue weighted by Gasteiger charge is -2.35. The number of hydrogen-bond acceptors (Lipinski definition) is 4. The quantitative estimate of drug-likeness (QED) is 0.876. The van der Waals surface area contributed by atoms with Gasteiger partial charge in [-0.15, -0.1) is 0 Å². The molecule has 1 aromatic rings. The fraction of sp³-hybridized carbons (Fsp3) is 0.643. The van der Waals surface area contributed by atoms with Gasteiger partial charge in [0.05, 0.1) is 18.9 Å². The summed E-state index contributed by atoms with van der Waals surface area (Å²) in [4.78, 5) is 6.85. The molecule has 1 aliphatic carbocycles. The molecule has 1 unspecified atom stereocenters. The number of pyridine rings is 1. The monoisotopic (exact) mass is 247 g/mol. The lowest BCUT2D eigenvalue weighted by molar-refractivity contribution is 0.0989. The van der Waals surface area contributed by atoms with Crippen molar-refractivity contribution in [2.75, 3.05) is 24.7 Å². The zero-order valence-electron chi connectivity index (χ0n) is 10.9. The van der Waals surface area contributed by atoms with Crippen LogP contribution in [0.3, 0.4) is 0 Å². The van der Waals surface area contributed by atoms with E-state index in [4.69, 9.17) is 4.74 Å². The van der Waals surface area contributed by atoms with Gasteiger partial charge in [-0.1, -0.05) is 0 Å². The molecule has 1 saturated carbocycles. The van der Waals surface area contributed by atoms with Crippen LogP contribution >= 0.6 is 0 Å². The van der Waals surface area contributed by atoms with E-state index in [1.165, 1.54) is 18.5 Å². The van der Waals surface area contributed by atoms with Crippen molar-refractivity contribution in [3.05, 3.63) is 24.0 Å². The van der Waals surface area contributed by atoms with E-state index >= 15 is 0 Å². The first kappa shape index (κ1) is 11.9. The van der Waals surface area contributed by atoms with Crippen LogP contribution in [0.4, 0.5) is 5.69 Å². The summed E-state index contributed by atoms with van der Waals surface area (Å²) in [6.07, 6.45) is 4.56. The highest BCUT2D eigenvalue weighted by atomic mass is 16.5. The molecule has 18 heavy (non-hydrogen) atoms. The van der Waals surface area contributed by atoms with Crippen LogP contribution < -0.4 is 10.2 Å². The number of morpholine rings is 1. The number of hydrogen-bond donors (Lipinski definition) is 1. The molecule has 1 aromatic heterocycles. The number of rotatable bonds is 4. The number of aromatic nitrogens is 1. The highest BCUT2D eigenvalue weighted by molar-refractivity contribution is 5.47. The largest absolute Gasteiger partial charge is 0.377 e. The van der Waals surface area contributed by atoms with Gasteiger partial charge in [0, 0.05) is 37.1 Å². The lowest BCUT2D eigenvalue weighted by Crippen LogP contribution is -2.43. The van der Waals surface area contributed by atoms with Crippen molar-refractivity contribution >= 4 is 5.69 Å². The van der Waals surface area contributed by atoms with E-state index in [1.54, 1.807) is 0 Å². The molecular formula is C14H21N3O. The van der Waals surface area contributed by atoms with Crippen molar-refractivity contribution in [1.29, 1.82) is 0 Å². The van der Waals surface area contributed by atoms with E-state index in [1.807, 2.05) is 6.20 Å². The topological polar surface area (TPSA) is 37.4 Å². The first-order chi connectivity index (χ1) is 8.83. The highest BCUT2D eigenvalue weighted by Crippen LogP contribution is 2.21. The molecule has 4 heteroatoms. The van der Waals surface area contributed by atoms with Crippen molar-refractivity contribution in [3.8, 4) is 0 Å². The predicted molar refractivity (Wildman–Crippen MR) is 71.7 cm³/mol. The Hall–Kier alpha value is -1.13. The SMILES string of the molecule is CC1COCCN1c1ccnc(CNC2CC2)c1. The van der Waals surface area contributed by atoms with Crippen LogP contribution in [0, 0.1) is 0 Å². The lowest BCUT2D eigenvalue weighted by atomic mass is 10.2. The van der Waals surface area contributed by atoms with Gasteiger partial charge in [-0.25, -0.2) is 0 Å². The molecule has 0 amide bonds. The van der Waals surface area contributed by atoms with Crippen LogP contribution in [0.25, 0.3) is 0 Å². The van der Waals surface area contributed by atoms with Crippen LogP contribution in [0.15, 0.2) is 18.3 Å². The number of ether oxygens (including phenoxy) is 1. The van der Waals surface area contributed by atoms with Crippen molar-refractivity contribution in [2.45, 2.75) is 38.4 Å². The third-order valence-corrected chi connectivity index (χ3v) is 3.65. The summed E-state index contributed by atoms with van der Waals surface area (Å²) in [7, 11) is 0. The van der Waals surface area contributed by atoms with Crippen molar-refractivity contribution < 1.29 is 4.74 Å². The summed E-state index contributed by atoms with van der Waals surface area (Å²) in [5.41, 5.74) is 2.41. The molecule has 3 rings (SSSR count). The molecule has 1 saturated heterocycles. The number of nitrogens with zero attached hydrogens (tertiary/aromatic N) is 2. The molecule has 98 valence electrons. The minimum Gasteiger partial charge on any atom is -0.377 e. The third kappa shape index (κ3) is 2.82. The minimum absolute atomic E-state index is 0.449. The van der Waals surface area contributed by atoms with Gasteiger partial charge in [-0.3, -0.25) is 4.98 Å². The van der Waals surface area contributed by atoms with Crippen molar-refractivity contribution in [2.24, 2.45) is 0 Å². The highest BCUT2D eigenvalue weighted by Gasteiger charge is 2.21. The molecule has 2 heterocycles. The molecule has 0 spiro atoms. The Labute approximate surface area is 108 Å². The Morgan fingerprint density at radius 1 is 1.50 bits per heavy atom. The molecule has 4 nitrogen and oxygen atoms in total. The Morgan fingerprint density at radius 2 is 2.39 bits per heavy atom. The second-order valence-electron chi connectivity index (χ2n) is 5.28. The van der Waals surface area contributed by atoms with Crippen LogP contribution in [0.5, 0.6) is 0 Å². The normalized spacial score (nSPS) is 24.3. The van der Waals surface area contributed by atoms with Crippen molar-refractivity contribution in [1.82, 2.24) is 10.3 Å². The van der Waals surface area contributed by atoms with Crippen LogP contribution in [-0.2, 0) is 11.3 Å². The summed E-state index contributed by atoms with van der Waals surface area (Å²) in [6.45, 7) is 5.71. The predicted octanol–water partition coefficient (Wildman–Crippen LogP) is 1.56. The summed E-state index contributed by atoms with van der Waals surface area (Å²) < 4.78 is 5.48. The molecule has 2 aliphatic rings. The standard InChI is InChI=1S/C14H21N3O/c1-11-10-18-7-6-17(11)14-4-5-15-13(8-14)9-16-12-2-3-12/h4-5,8,11-12,16H,2-3,6-7,9-10H2,1H3. The van der Waals surface area contributed by atoms with E-state index in [-0.39, 0.29) is 0 Å².